The molecule has 3 nitrogen and oxygen atoms in total. The number of ether oxygens (including phenoxy) is 1. The van der Waals surface area contributed by atoms with E-state index in [0.29, 0.717) is 0 Å². The Labute approximate surface area is 101 Å². The van der Waals surface area contributed by atoms with E-state index in [1.165, 1.54) is 13.2 Å². The van der Waals surface area contributed by atoms with E-state index in [9.17, 15) is 22.7 Å². The van der Waals surface area contributed by atoms with Crippen molar-refractivity contribution >= 4 is 0 Å². The van der Waals surface area contributed by atoms with Crippen LogP contribution in [0.1, 0.15) is 18.1 Å². The summed E-state index contributed by atoms with van der Waals surface area (Å²) in [6.07, 6.45) is -7.08. The molecule has 0 saturated heterocycles. The number of aliphatic hydroxyl groups excluding tert-OH is 1. The number of hydrogen-bond donors (Lipinski definition) is 2. The first kappa shape index (κ1) is 14.7. The molecular formula is C11H13F4NO2. The molecule has 0 heterocycles. The molecule has 0 saturated carbocycles. The molecule has 0 fully saturated rings. The first-order chi connectivity index (χ1) is 8.25. The third kappa shape index (κ3) is 3.58. The molecule has 0 amide bonds. The quantitative estimate of drug-likeness (QED) is 0.822. The van der Waals surface area contributed by atoms with Crippen LogP contribution in [0.15, 0.2) is 18.2 Å². The molecule has 1 aromatic carbocycles. The number of hydrogen-bond acceptors (Lipinski definition) is 3. The minimum atomic E-state index is -4.63. The number of halogens is 4. The lowest BCUT2D eigenvalue weighted by Crippen LogP contribution is -2.38. The second-order valence-corrected chi connectivity index (χ2v) is 3.79. The summed E-state index contributed by atoms with van der Waals surface area (Å²) in [6.45, 7) is 0. The van der Waals surface area contributed by atoms with Crippen LogP contribution in [0.25, 0.3) is 0 Å². The van der Waals surface area contributed by atoms with Gasteiger partial charge in [0.2, 0.25) is 0 Å². The van der Waals surface area contributed by atoms with Gasteiger partial charge < -0.3 is 15.6 Å². The topological polar surface area (TPSA) is 55.5 Å². The largest absolute Gasteiger partial charge is 0.497 e. The second kappa shape index (κ2) is 5.53. The molecule has 2 atom stereocenters. The van der Waals surface area contributed by atoms with Gasteiger partial charge in [-0.15, -0.1) is 0 Å². The number of rotatable bonds is 4. The molecule has 0 aliphatic rings. The van der Waals surface area contributed by atoms with Gasteiger partial charge in [-0.25, -0.2) is 4.39 Å². The normalized spacial score (nSPS) is 15.3. The van der Waals surface area contributed by atoms with E-state index in [4.69, 9.17) is 10.5 Å². The van der Waals surface area contributed by atoms with E-state index < -0.39 is 30.6 Å². The van der Waals surface area contributed by atoms with Crippen molar-refractivity contribution in [1.29, 1.82) is 0 Å². The van der Waals surface area contributed by atoms with Crippen molar-refractivity contribution in [3.05, 3.63) is 29.6 Å². The van der Waals surface area contributed by atoms with Crippen LogP contribution in [-0.4, -0.2) is 24.4 Å². The Hall–Kier alpha value is -1.34. The van der Waals surface area contributed by atoms with Gasteiger partial charge in [-0.2, -0.15) is 13.2 Å². The van der Waals surface area contributed by atoms with Gasteiger partial charge in [0.25, 0.3) is 0 Å². The van der Waals surface area contributed by atoms with Crippen molar-refractivity contribution in [3.63, 3.8) is 0 Å². The molecule has 102 valence electrons. The minimum Gasteiger partial charge on any atom is -0.497 e. The molecule has 18 heavy (non-hydrogen) atoms. The fourth-order valence-corrected chi connectivity index (χ4v) is 1.41. The highest BCUT2D eigenvalue weighted by Crippen LogP contribution is 2.29. The summed E-state index contributed by atoms with van der Waals surface area (Å²) in [5, 5.41) is 9.58. The summed E-state index contributed by atoms with van der Waals surface area (Å²) in [5.41, 5.74) is 4.60. The summed E-state index contributed by atoms with van der Waals surface area (Å²) >= 11 is 0. The Bertz CT molecular complexity index is 409. The summed E-state index contributed by atoms with van der Waals surface area (Å²) < 4.78 is 54.8. The lowest BCUT2D eigenvalue weighted by molar-refractivity contribution is -0.154. The number of nitrogens with two attached hydrogens (primary N) is 1. The van der Waals surface area contributed by atoms with E-state index in [-0.39, 0.29) is 11.3 Å². The van der Waals surface area contributed by atoms with Gasteiger partial charge in [0.15, 0.2) is 0 Å². The van der Waals surface area contributed by atoms with Crippen molar-refractivity contribution in [1.82, 2.24) is 0 Å². The van der Waals surface area contributed by atoms with Gasteiger partial charge in [-0.3, -0.25) is 0 Å². The monoisotopic (exact) mass is 267 g/mol. The Morgan fingerprint density at radius 1 is 1.39 bits per heavy atom. The fraction of sp³-hybridized carbons (Fsp3) is 0.455. The van der Waals surface area contributed by atoms with Crippen molar-refractivity contribution in [2.45, 2.75) is 24.7 Å². The predicted molar refractivity (Wildman–Crippen MR) is 56.6 cm³/mol. The Balaban J connectivity index is 2.87. The molecule has 0 bridgehead atoms. The van der Waals surface area contributed by atoms with Crippen LogP contribution in [0.3, 0.4) is 0 Å². The molecular weight excluding hydrogens is 254 g/mol. The molecule has 3 N–H and O–H groups in total. The van der Waals surface area contributed by atoms with Crippen LogP contribution in [0, 0.1) is 5.82 Å². The molecule has 1 rings (SSSR count). The summed E-state index contributed by atoms with van der Waals surface area (Å²) in [5.74, 6) is -0.566. The number of benzene rings is 1. The highest BCUT2D eigenvalue weighted by Gasteiger charge is 2.38. The molecule has 0 aliphatic heterocycles. The van der Waals surface area contributed by atoms with Gasteiger partial charge in [0.1, 0.15) is 17.6 Å². The smallest absolute Gasteiger partial charge is 0.403 e. The zero-order valence-electron chi connectivity index (χ0n) is 9.54. The lowest BCUT2D eigenvalue weighted by atomic mass is 10.0. The van der Waals surface area contributed by atoms with Crippen LogP contribution in [0.4, 0.5) is 17.6 Å². The standard InChI is InChI=1S/C11H13F4NO2/c1-18-6-2-3-8(12)7(4-6)9(17)5-10(16)11(13,14)15/h2-4,9-10,17H,5,16H2,1H3/t9-,10-/m0/s1. The van der Waals surface area contributed by atoms with E-state index in [2.05, 4.69) is 0 Å². The fourth-order valence-electron chi connectivity index (χ4n) is 1.41. The maximum absolute atomic E-state index is 13.4. The van der Waals surface area contributed by atoms with E-state index >= 15 is 0 Å². The van der Waals surface area contributed by atoms with Crippen LogP contribution in [0.2, 0.25) is 0 Å². The molecule has 1 aromatic rings. The van der Waals surface area contributed by atoms with Crippen molar-refractivity contribution < 1.29 is 27.4 Å². The lowest BCUT2D eigenvalue weighted by Gasteiger charge is -2.19. The second-order valence-electron chi connectivity index (χ2n) is 3.79. The molecule has 0 spiro atoms. The van der Waals surface area contributed by atoms with Crippen molar-refractivity contribution in [2.24, 2.45) is 5.73 Å². The molecule has 0 unspecified atom stereocenters. The van der Waals surface area contributed by atoms with Gasteiger partial charge in [-0.05, 0) is 18.2 Å². The van der Waals surface area contributed by atoms with Crippen LogP contribution >= 0.6 is 0 Å². The highest BCUT2D eigenvalue weighted by atomic mass is 19.4. The predicted octanol–water partition coefficient (Wildman–Crippen LogP) is 2.15. The summed E-state index contributed by atoms with van der Waals surface area (Å²) in [6, 6.07) is 1.24. The Kier molecular flexibility index (Phi) is 4.53. The zero-order chi connectivity index (χ0) is 13.9. The van der Waals surface area contributed by atoms with Crippen LogP contribution < -0.4 is 10.5 Å². The van der Waals surface area contributed by atoms with Gasteiger partial charge in [-0.1, -0.05) is 0 Å². The molecule has 0 radical (unpaired) electrons. The molecule has 0 aromatic heterocycles. The van der Waals surface area contributed by atoms with E-state index in [1.54, 1.807) is 0 Å². The maximum atomic E-state index is 13.4. The van der Waals surface area contributed by atoms with Crippen LogP contribution in [0.5, 0.6) is 5.75 Å². The number of aliphatic hydroxyl groups is 1. The summed E-state index contributed by atoms with van der Waals surface area (Å²) in [4.78, 5) is 0. The van der Waals surface area contributed by atoms with Gasteiger partial charge in [0.05, 0.1) is 13.2 Å². The SMILES string of the molecule is COc1ccc(F)c([C@@H](O)C[C@H](N)C(F)(F)F)c1. The zero-order valence-corrected chi connectivity index (χ0v) is 9.54. The minimum absolute atomic E-state index is 0.242. The van der Waals surface area contributed by atoms with E-state index in [0.717, 1.165) is 12.1 Å². The van der Waals surface area contributed by atoms with Gasteiger partial charge in [0, 0.05) is 12.0 Å². The Morgan fingerprint density at radius 2 is 2.00 bits per heavy atom. The van der Waals surface area contributed by atoms with E-state index in [1.807, 2.05) is 0 Å². The van der Waals surface area contributed by atoms with Crippen LogP contribution in [-0.2, 0) is 0 Å². The first-order valence-electron chi connectivity index (χ1n) is 5.09. The molecule has 7 heteroatoms. The van der Waals surface area contributed by atoms with Crippen molar-refractivity contribution in [2.75, 3.05) is 7.11 Å². The third-order valence-electron chi connectivity index (χ3n) is 2.46. The summed E-state index contributed by atoms with van der Waals surface area (Å²) in [7, 11) is 1.32. The third-order valence-corrected chi connectivity index (χ3v) is 2.46. The average molecular weight is 267 g/mol. The highest BCUT2D eigenvalue weighted by molar-refractivity contribution is 5.31. The number of methoxy groups -OCH3 is 1. The maximum Gasteiger partial charge on any atom is 0.403 e. The molecule has 0 aliphatic carbocycles. The average Bonchev–Trinajstić information content (AvgIpc) is 2.28. The van der Waals surface area contributed by atoms with Crippen molar-refractivity contribution in [3.8, 4) is 5.75 Å². The Morgan fingerprint density at radius 3 is 2.50 bits per heavy atom. The van der Waals surface area contributed by atoms with Gasteiger partial charge >= 0.3 is 6.18 Å². The first-order valence-corrected chi connectivity index (χ1v) is 5.09. The number of alkyl halides is 3.